The van der Waals surface area contributed by atoms with E-state index in [1.165, 1.54) is 35.2 Å². The third-order valence-electron chi connectivity index (χ3n) is 2.73. The first kappa shape index (κ1) is 20.1. The van der Waals surface area contributed by atoms with Gasteiger partial charge in [0, 0.05) is 0 Å². The normalized spacial score (nSPS) is 11.9. The molecule has 0 saturated carbocycles. The number of aliphatic imine (C=N–C) groups is 2. The van der Waals surface area contributed by atoms with Gasteiger partial charge in [0.15, 0.2) is 0 Å². The molecule has 2 aromatic carbocycles. The van der Waals surface area contributed by atoms with Gasteiger partial charge in [-0.2, -0.15) is 0 Å². The van der Waals surface area contributed by atoms with Crippen molar-refractivity contribution >= 4 is 51.2 Å². The van der Waals surface area contributed by atoms with Crippen molar-refractivity contribution in [2.75, 3.05) is 0 Å². The van der Waals surface area contributed by atoms with Gasteiger partial charge in [0.2, 0.25) is 0 Å². The quantitative estimate of drug-likeness (QED) is 0.345. The molecule has 2 aromatic rings. The average molecular weight is 491 g/mol. The SMILES string of the molecule is CC(=Nc1cccc(F)c1)C(C)=Nc1cccc(F)c1.[Br][Ni][Br]. The zero-order chi connectivity index (χ0) is 17.2. The molecule has 23 heavy (non-hydrogen) atoms. The summed E-state index contributed by atoms with van der Waals surface area (Å²) >= 11 is 6.00. The second kappa shape index (κ2) is 10.8. The Kier molecular flexibility index (Phi) is 9.45. The molecule has 0 heterocycles. The number of nitrogens with zero attached hydrogens (tertiary/aromatic N) is 2. The van der Waals surface area contributed by atoms with Crippen molar-refractivity contribution in [2.24, 2.45) is 9.98 Å². The zero-order valence-electron chi connectivity index (χ0n) is 12.3. The van der Waals surface area contributed by atoms with Crippen LogP contribution in [0.2, 0.25) is 0 Å². The van der Waals surface area contributed by atoms with E-state index in [1.807, 2.05) is 0 Å². The van der Waals surface area contributed by atoms with Gasteiger partial charge in [-0.1, -0.05) is 12.1 Å². The van der Waals surface area contributed by atoms with Crippen LogP contribution in [0.1, 0.15) is 13.8 Å². The summed E-state index contributed by atoms with van der Waals surface area (Å²) < 4.78 is 26.1. The molecule has 0 aromatic heterocycles. The van der Waals surface area contributed by atoms with Gasteiger partial charge in [-0.3, -0.25) is 9.98 Å². The van der Waals surface area contributed by atoms with Crippen LogP contribution in [-0.2, 0) is 10.9 Å². The van der Waals surface area contributed by atoms with Crippen LogP contribution in [0.3, 0.4) is 0 Å². The van der Waals surface area contributed by atoms with Crippen LogP contribution in [0.4, 0.5) is 20.2 Å². The predicted molar refractivity (Wildman–Crippen MR) is 96.2 cm³/mol. The van der Waals surface area contributed by atoms with Crippen molar-refractivity contribution in [1.29, 1.82) is 0 Å². The topological polar surface area (TPSA) is 24.7 Å². The number of hydrogen-bond acceptors (Lipinski definition) is 2. The Balaban J connectivity index is 0.000000816. The Morgan fingerprint density at radius 1 is 0.826 bits per heavy atom. The zero-order valence-corrected chi connectivity index (χ0v) is 16.5. The second-order valence-corrected chi connectivity index (χ2v) is 9.38. The van der Waals surface area contributed by atoms with Gasteiger partial charge >= 0.3 is 39.3 Å². The Labute approximate surface area is 154 Å². The van der Waals surface area contributed by atoms with E-state index >= 15 is 0 Å². The molecule has 0 fully saturated rings. The van der Waals surface area contributed by atoms with Crippen molar-refractivity contribution in [1.82, 2.24) is 0 Å². The van der Waals surface area contributed by atoms with Gasteiger partial charge in [-0.25, -0.2) is 8.78 Å². The molecule has 126 valence electrons. The molecule has 0 aliphatic carbocycles. The van der Waals surface area contributed by atoms with E-state index in [-0.39, 0.29) is 11.6 Å². The maximum atomic E-state index is 13.1. The van der Waals surface area contributed by atoms with Crippen molar-refractivity contribution in [2.45, 2.75) is 13.8 Å². The fraction of sp³-hybridized carbons (Fsp3) is 0.125. The van der Waals surface area contributed by atoms with Crippen LogP contribution in [0, 0.1) is 11.6 Å². The van der Waals surface area contributed by atoms with Crippen LogP contribution in [-0.4, -0.2) is 11.4 Å². The molecule has 2 nitrogen and oxygen atoms in total. The van der Waals surface area contributed by atoms with E-state index in [4.69, 9.17) is 0 Å². The summed E-state index contributed by atoms with van der Waals surface area (Å²) in [6.45, 7) is 3.56. The minimum atomic E-state index is -0.334. The molecule has 0 aliphatic heterocycles. The summed E-state index contributed by atoms with van der Waals surface area (Å²) in [6.07, 6.45) is 0. The van der Waals surface area contributed by atoms with Crippen LogP contribution in [0.25, 0.3) is 0 Å². The number of halogens is 4. The summed E-state index contributed by atoms with van der Waals surface area (Å²) in [5.41, 5.74) is 2.35. The van der Waals surface area contributed by atoms with Crippen molar-refractivity contribution < 1.29 is 19.7 Å². The fourth-order valence-corrected chi connectivity index (χ4v) is 1.64. The maximum absolute atomic E-state index is 13.1. The Hall–Kier alpha value is -0.906. The summed E-state index contributed by atoms with van der Waals surface area (Å²) in [5, 5.41) is 0. The van der Waals surface area contributed by atoms with Gasteiger partial charge < -0.3 is 0 Å². The van der Waals surface area contributed by atoms with Gasteiger partial charge in [0.25, 0.3) is 0 Å². The van der Waals surface area contributed by atoms with Gasteiger partial charge in [0.1, 0.15) is 11.6 Å². The molecule has 0 bridgehead atoms. The molecule has 2 rings (SSSR count). The molecule has 0 aliphatic rings. The molecule has 0 saturated heterocycles. The van der Waals surface area contributed by atoms with Crippen molar-refractivity contribution in [3.05, 3.63) is 60.2 Å². The van der Waals surface area contributed by atoms with E-state index in [0.717, 1.165) is 0 Å². The fourth-order valence-electron chi connectivity index (χ4n) is 1.64. The number of benzene rings is 2. The predicted octanol–water partition coefficient (Wildman–Crippen LogP) is 6.54. The van der Waals surface area contributed by atoms with E-state index < -0.39 is 0 Å². The third kappa shape index (κ3) is 7.95. The summed E-state index contributed by atoms with van der Waals surface area (Å²) in [6, 6.07) is 12.0. The first-order chi connectivity index (χ1) is 11.0. The van der Waals surface area contributed by atoms with Crippen LogP contribution in [0.5, 0.6) is 0 Å². The monoisotopic (exact) mass is 488 g/mol. The molecule has 0 radical (unpaired) electrons. The minimum absolute atomic E-state index is 0.334. The second-order valence-electron chi connectivity index (χ2n) is 4.40. The van der Waals surface area contributed by atoms with E-state index in [0.29, 0.717) is 22.8 Å². The standard InChI is InChI=1S/C16H14F2N2.2BrH.Ni/c1-11(19-15-7-3-5-13(17)9-15)12(2)20-16-8-4-6-14(18)10-16;;;/h3-10H,1-2H3;2*1H;/q;;;+2/p-2. The average Bonchev–Trinajstić information content (AvgIpc) is 2.48. The van der Waals surface area contributed by atoms with Crippen LogP contribution >= 0.6 is 28.5 Å². The molecular weight excluding hydrogens is 477 g/mol. The molecule has 0 N–H and O–H groups in total. The molecule has 0 unspecified atom stereocenters. The summed E-state index contributed by atoms with van der Waals surface area (Å²) in [7, 11) is 1.25. The third-order valence-corrected chi connectivity index (χ3v) is 2.73. The number of hydrogen-bond donors (Lipinski definition) is 0. The van der Waals surface area contributed by atoms with Crippen molar-refractivity contribution in [3.8, 4) is 0 Å². The molecule has 0 amide bonds. The van der Waals surface area contributed by atoms with Crippen LogP contribution < -0.4 is 0 Å². The summed E-state index contributed by atoms with van der Waals surface area (Å²) in [5.74, 6) is -0.669. The van der Waals surface area contributed by atoms with E-state index in [1.54, 1.807) is 38.1 Å². The molecule has 7 heteroatoms. The first-order valence-electron chi connectivity index (χ1n) is 6.40. The van der Waals surface area contributed by atoms with Gasteiger partial charge in [-0.05, 0) is 50.2 Å². The number of rotatable bonds is 3. The first-order valence-corrected chi connectivity index (χ1v) is 11.3. The Morgan fingerprint density at radius 2 is 1.17 bits per heavy atom. The van der Waals surface area contributed by atoms with Crippen molar-refractivity contribution in [3.63, 3.8) is 0 Å². The Bertz CT molecular complexity index is 646. The van der Waals surface area contributed by atoms with E-state index in [9.17, 15) is 8.78 Å². The van der Waals surface area contributed by atoms with Crippen LogP contribution in [0.15, 0.2) is 58.5 Å². The van der Waals surface area contributed by atoms with E-state index in [2.05, 4.69) is 38.4 Å². The van der Waals surface area contributed by atoms with Gasteiger partial charge in [-0.15, -0.1) is 0 Å². The Morgan fingerprint density at radius 3 is 1.48 bits per heavy atom. The molecular formula is C16H14Br2F2N2Ni. The summed E-state index contributed by atoms with van der Waals surface area (Å²) in [4.78, 5) is 8.58. The van der Waals surface area contributed by atoms with Gasteiger partial charge in [0.05, 0.1) is 22.8 Å². The molecule has 0 atom stereocenters. The molecule has 0 spiro atoms.